The molecule has 0 radical (unpaired) electrons. The van der Waals surface area contributed by atoms with Crippen molar-refractivity contribution < 1.29 is 43.0 Å². The van der Waals surface area contributed by atoms with E-state index in [0.29, 0.717) is 60.2 Å². The molecular formula is C29H46N2O9. The van der Waals surface area contributed by atoms with E-state index in [1.54, 1.807) is 27.7 Å². The summed E-state index contributed by atoms with van der Waals surface area (Å²) in [6.45, 7) is 22.1. The summed E-state index contributed by atoms with van der Waals surface area (Å²) in [5.74, 6) is -0.567. The van der Waals surface area contributed by atoms with Crippen LogP contribution in [0.4, 0.5) is 4.79 Å². The molecule has 0 spiro atoms. The van der Waals surface area contributed by atoms with E-state index in [9.17, 15) is 19.2 Å². The Kier molecular flexibility index (Phi) is 18.7. The number of nitrogens with zero attached hydrogens (tertiary/aromatic N) is 1. The Morgan fingerprint density at radius 1 is 0.825 bits per heavy atom. The minimum atomic E-state index is -0.677. The van der Waals surface area contributed by atoms with Gasteiger partial charge in [-0.15, -0.1) is 0 Å². The maximum Gasteiger partial charge on any atom is 0.433 e. The van der Waals surface area contributed by atoms with E-state index in [0.717, 1.165) is 25.7 Å². The van der Waals surface area contributed by atoms with Gasteiger partial charge in [0.2, 0.25) is 0 Å². The molecule has 0 aromatic heterocycles. The van der Waals surface area contributed by atoms with Crippen molar-refractivity contribution in [1.82, 2.24) is 5.32 Å². The molecule has 0 bridgehead atoms. The highest BCUT2D eigenvalue weighted by Gasteiger charge is 2.43. The summed E-state index contributed by atoms with van der Waals surface area (Å²) < 4.78 is 20.0. The lowest BCUT2D eigenvalue weighted by molar-refractivity contribution is -0.141. The van der Waals surface area contributed by atoms with Crippen LogP contribution in [0.2, 0.25) is 0 Å². The number of nitrogens with one attached hydrogen (secondary N) is 1. The summed E-state index contributed by atoms with van der Waals surface area (Å²) >= 11 is 0. The Balaban J connectivity index is 0.000000597. The smallest absolute Gasteiger partial charge is 0.433 e. The molecule has 1 aliphatic carbocycles. The van der Waals surface area contributed by atoms with Gasteiger partial charge in [-0.05, 0) is 65.7 Å². The molecule has 1 heterocycles. The van der Waals surface area contributed by atoms with Gasteiger partial charge in [0.1, 0.15) is 6.61 Å². The minimum Gasteiger partial charge on any atom is -0.462 e. The maximum absolute atomic E-state index is 11.1. The van der Waals surface area contributed by atoms with E-state index in [1.165, 1.54) is 0 Å². The lowest BCUT2D eigenvalue weighted by Crippen LogP contribution is -2.27. The third-order valence-electron chi connectivity index (χ3n) is 5.45. The van der Waals surface area contributed by atoms with Gasteiger partial charge in [-0.2, -0.15) is 0 Å². The third kappa shape index (κ3) is 17.9. The van der Waals surface area contributed by atoms with Gasteiger partial charge in [0, 0.05) is 16.7 Å². The molecule has 1 N–H and O–H groups in total. The van der Waals surface area contributed by atoms with Crippen LogP contribution in [-0.4, -0.2) is 68.3 Å². The van der Waals surface area contributed by atoms with Crippen molar-refractivity contribution in [3.05, 3.63) is 36.5 Å². The fourth-order valence-corrected chi connectivity index (χ4v) is 2.91. The standard InChI is InChI=1S/C11H18N2O4.C11H16O3.C7H12O2/c1-5-9(4)13-17-11(15)12-6-7-16-10(14)8(2)3;1-7(2)11(12)13-6-8-3-4-9-10(5-8)14-9;1-4-5-9-7(8)6(2)3/h2,5-7H2,1,3-4H3,(H,12,15);8-10H,1,3-6H2,2H3;2,4-5H2,1,3H3/b13-9+;;. The van der Waals surface area contributed by atoms with Crippen molar-refractivity contribution in [2.45, 2.75) is 85.9 Å². The SMILES string of the molecule is C=C(C)C(=O)OCC1CCC2OC2C1.C=C(C)C(=O)OCCC.C=C(C)C(=O)OCCNC(=O)O/N=C(\C)CC. The minimum absolute atomic E-state index is 0.0667. The summed E-state index contributed by atoms with van der Waals surface area (Å²) in [7, 11) is 0. The van der Waals surface area contributed by atoms with E-state index in [-0.39, 0.29) is 25.1 Å². The van der Waals surface area contributed by atoms with E-state index in [4.69, 9.17) is 18.9 Å². The van der Waals surface area contributed by atoms with Gasteiger partial charge in [-0.1, -0.05) is 38.7 Å². The summed E-state index contributed by atoms with van der Waals surface area (Å²) in [5, 5.41) is 5.95. The van der Waals surface area contributed by atoms with E-state index in [1.807, 2.05) is 13.8 Å². The van der Waals surface area contributed by atoms with Crippen LogP contribution < -0.4 is 5.32 Å². The van der Waals surface area contributed by atoms with E-state index < -0.39 is 12.1 Å². The van der Waals surface area contributed by atoms with E-state index >= 15 is 0 Å². The van der Waals surface area contributed by atoms with Crippen LogP contribution in [0.5, 0.6) is 0 Å². The van der Waals surface area contributed by atoms with Crippen LogP contribution in [0.15, 0.2) is 41.6 Å². The second kappa shape index (κ2) is 20.4. The van der Waals surface area contributed by atoms with Crippen molar-refractivity contribution in [1.29, 1.82) is 0 Å². The number of esters is 3. The number of hydrogen-bond donors (Lipinski definition) is 1. The predicted octanol–water partition coefficient (Wildman–Crippen LogP) is 4.81. The highest BCUT2D eigenvalue weighted by atomic mass is 16.7. The topological polar surface area (TPSA) is 142 Å². The number of epoxide rings is 1. The first kappa shape index (κ1) is 36.5. The van der Waals surface area contributed by atoms with E-state index in [2.05, 4.69) is 35.0 Å². The number of ether oxygens (including phenoxy) is 4. The fraction of sp³-hybridized carbons (Fsp3) is 0.621. The lowest BCUT2D eigenvalue weighted by atomic mass is 9.90. The van der Waals surface area contributed by atoms with Gasteiger partial charge in [-0.3, -0.25) is 4.84 Å². The summed E-state index contributed by atoms with van der Waals surface area (Å²) in [6, 6.07) is 0. The number of carbonyl (C=O) groups is 4. The first-order valence-corrected chi connectivity index (χ1v) is 13.4. The number of oxime groups is 1. The molecule has 226 valence electrons. The summed E-state index contributed by atoms with van der Waals surface area (Å²) in [6.07, 6.45) is 5.16. The first-order chi connectivity index (χ1) is 18.8. The van der Waals surface area contributed by atoms with Gasteiger partial charge in [0.15, 0.2) is 0 Å². The Morgan fingerprint density at radius 2 is 1.38 bits per heavy atom. The van der Waals surface area contributed by atoms with Gasteiger partial charge < -0.3 is 24.3 Å². The molecule has 3 unspecified atom stereocenters. The summed E-state index contributed by atoms with van der Waals surface area (Å²) in [5.41, 5.74) is 1.97. The average Bonchev–Trinajstić information content (AvgIpc) is 3.70. The number of fused-ring (bicyclic) bond motifs is 1. The molecule has 3 atom stereocenters. The van der Waals surface area contributed by atoms with Crippen molar-refractivity contribution in [2.24, 2.45) is 11.1 Å². The Hall–Kier alpha value is -3.47. The molecular weight excluding hydrogens is 520 g/mol. The Bertz CT molecular complexity index is 926. The van der Waals surface area contributed by atoms with Crippen LogP contribution in [0, 0.1) is 5.92 Å². The number of hydrogen-bond acceptors (Lipinski definition) is 10. The van der Waals surface area contributed by atoms with Gasteiger partial charge in [0.05, 0.1) is 37.7 Å². The van der Waals surface area contributed by atoms with Gasteiger partial charge in [0.25, 0.3) is 0 Å². The molecule has 1 saturated carbocycles. The Morgan fingerprint density at radius 3 is 1.88 bits per heavy atom. The molecule has 2 rings (SSSR count). The lowest BCUT2D eigenvalue weighted by Gasteiger charge is -2.18. The zero-order valence-corrected chi connectivity index (χ0v) is 24.8. The molecule has 11 heteroatoms. The molecule has 1 saturated heterocycles. The van der Waals surface area contributed by atoms with Crippen molar-refractivity contribution in [2.75, 3.05) is 26.4 Å². The normalized spacial score (nSPS) is 18.6. The quantitative estimate of drug-likeness (QED) is 0.0515. The molecule has 1 aliphatic heterocycles. The van der Waals surface area contributed by atoms with Crippen LogP contribution >= 0.6 is 0 Å². The highest BCUT2D eigenvalue weighted by molar-refractivity contribution is 5.87. The first-order valence-electron chi connectivity index (χ1n) is 13.4. The monoisotopic (exact) mass is 566 g/mol. The van der Waals surface area contributed by atoms with Crippen molar-refractivity contribution in [3.8, 4) is 0 Å². The number of rotatable bonds is 12. The zero-order chi connectivity index (χ0) is 30.7. The molecule has 1 amide bonds. The maximum atomic E-state index is 11.1. The average molecular weight is 567 g/mol. The molecule has 0 aromatic rings. The number of carbonyl (C=O) groups excluding carboxylic acids is 4. The molecule has 0 aromatic carbocycles. The largest absolute Gasteiger partial charge is 0.462 e. The third-order valence-corrected chi connectivity index (χ3v) is 5.45. The molecule has 11 nitrogen and oxygen atoms in total. The molecule has 2 aliphatic rings. The zero-order valence-electron chi connectivity index (χ0n) is 24.8. The molecule has 2 fully saturated rings. The highest BCUT2D eigenvalue weighted by Crippen LogP contribution is 2.39. The van der Waals surface area contributed by atoms with Crippen LogP contribution in [-0.2, 0) is 38.2 Å². The fourth-order valence-electron chi connectivity index (χ4n) is 2.91. The second-order valence-electron chi connectivity index (χ2n) is 9.59. The predicted molar refractivity (Wildman–Crippen MR) is 151 cm³/mol. The molecule has 40 heavy (non-hydrogen) atoms. The van der Waals surface area contributed by atoms with Crippen LogP contribution in [0.25, 0.3) is 0 Å². The van der Waals surface area contributed by atoms with Crippen molar-refractivity contribution >= 4 is 29.7 Å². The second-order valence-corrected chi connectivity index (χ2v) is 9.59. The van der Waals surface area contributed by atoms with Crippen molar-refractivity contribution in [3.63, 3.8) is 0 Å². The Labute approximate surface area is 238 Å². The van der Waals surface area contributed by atoms with Crippen LogP contribution in [0.3, 0.4) is 0 Å². The van der Waals surface area contributed by atoms with Gasteiger partial charge >= 0.3 is 24.0 Å². The number of amides is 1. The van der Waals surface area contributed by atoms with Gasteiger partial charge in [-0.25, -0.2) is 19.2 Å². The summed E-state index contributed by atoms with van der Waals surface area (Å²) in [4.78, 5) is 48.2. The van der Waals surface area contributed by atoms with Crippen LogP contribution in [0.1, 0.15) is 73.6 Å².